The molecular formula is C13H15N3O2. The zero-order valence-electron chi connectivity index (χ0n) is 10.6. The Labute approximate surface area is 106 Å². The van der Waals surface area contributed by atoms with Gasteiger partial charge in [-0.1, -0.05) is 12.1 Å². The van der Waals surface area contributed by atoms with Gasteiger partial charge >= 0.3 is 6.03 Å². The van der Waals surface area contributed by atoms with Crippen molar-refractivity contribution in [1.82, 2.24) is 5.32 Å². The topological polar surface area (TPSA) is 82.0 Å². The number of nitrogens with zero attached hydrogens (tertiary/aromatic N) is 1. The molecule has 0 aliphatic heterocycles. The minimum Gasteiger partial charge on any atom is -0.320 e. The van der Waals surface area contributed by atoms with Crippen molar-refractivity contribution in [1.29, 1.82) is 5.26 Å². The van der Waals surface area contributed by atoms with E-state index in [9.17, 15) is 9.59 Å². The fourth-order valence-electron chi connectivity index (χ4n) is 1.29. The van der Waals surface area contributed by atoms with Crippen molar-refractivity contribution < 1.29 is 9.59 Å². The van der Waals surface area contributed by atoms with Crippen molar-refractivity contribution in [3.05, 3.63) is 29.8 Å². The standard InChI is InChI=1S/C13H15N3O2/c1-9(17)10-5-4-6-11(7-10)15-12(18)16-13(2,3)8-14/h4-7H,1-3H3,(H2,15,16,18). The summed E-state index contributed by atoms with van der Waals surface area (Å²) in [7, 11) is 0. The molecule has 1 aromatic carbocycles. The summed E-state index contributed by atoms with van der Waals surface area (Å²) in [6.45, 7) is 4.65. The number of amides is 2. The van der Waals surface area contributed by atoms with E-state index in [-0.39, 0.29) is 5.78 Å². The molecular weight excluding hydrogens is 230 g/mol. The maximum Gasteiger partial charge on any atom is 0.320 e. The van der Waals surface area contributed by atoms with E-state index in [2.05, 4.69) is 10.6 Å². The van der Waals surface area contributed by atoms with Gasteiger partial charge in [-0.05, 0) is 32.9 Å². The fourth-order valence-corrected chi connectivity index (χ4v) is 1.29. The molecule has 0 aromatic heterocycles. The number of nitrogens with one attached hydrogen (secondary N) is 2. The Balaban J connectivity index is 2.74. The Morgan fingerprint density at radius 1 is 1.33 bits per heavy atom. The van der Waals surface area contributed by atoms with Gasteiger partial charge in [0.1, 0.15) is 5.54 Å². The van der Waals surface area contributed by atoms with Gasteiger partial charge in [-0.2, -0.15) is 5.26 Å². The zero-order chi connectivity index (χ0) is 13.8. The summed E-state index contributed by atoms with van der Waals surface area (Å²) in [4.78, 5) is 22.8. The fraction of sp³-hybridized carbons (Fsp3) is 0.308. The summed E-state index contributed by atoms with van der Waals surface area (Å²) in [5, 5.41) is 13.9. The normalized spacial score (nSPS) is 10.3. The van der Waals surface area contributed by atoms with E-state index in [1.165, 1.54) is 6.92 Å². The Morgan fingerprint density at radius 2 is 2.00 bits per heavy atom. The molecule has 2 N–H and O–H groups in total. The number of hydrogen-bond acceptors (Lipinski definition) is 3. The molecule has 94 valence electrons. The molecule has 0 radical (unpaired) electrons. The third-order valence-electron chi connectivity index (χ3n) is 2.23. The minimum atomic E-state index is -0.942. The van der Waals surface area contributed by atoms with Crippen LogP contribution in [0.25, 0.3) is 0 Å². The molecule has 0 saturated heterocycles. The van der Waals surface area contributed by atoms with Crippen LogP contribution in [0.4, 0.5) is 10.5 Å². The monoisotopic (exact) mass is 245 g/mol. The van der Waals surface area contributed by atoms with E-state index in [4.69, 9.17) is 5.26 Å². The van der Waals surface area contributed by atoms with Crippen LogP contribution in [0.15, 0.2) is 24.3 Å². The number of ketones is 1. The van der Waals surface area contributed by atoms with Crippen LogP contribution < -0.4 is 10.6 Å². The summed E-state index contributed by atoms with van der Waals surface area (Å²) in [5.74, 6) is -0.0728. The van der Waals surface area contributed by atoms with Crippen LogP contribution in [-0.4, -0.2) is 17.4 Å². The third kappa shape index (κ3) is 3.91. The van der Waals surface area contributed by atoms with E-state index in [0.29, 0.717) is 11.3 Å². The van der Waals surface area contributed by atoms with E-state index < -0.39 is 11.6 Å². The van der Waals surface area contributed by atoms with E-state index in [0.717, 1.165) is 0 Å². The first-order valence-corrected chi connectivity index (χ1v) is 5.45. The number of Topliss-reactive ketones (excluding diaryl/α,β-unsaturated/α-hetero) is 1. The lowest BCUT2D eigenvalue weighted by atomic mass is 10.1. The largest absolute Gasteiger partial charge is 0.320 e. The smallest absolute Gasteiger partial charge is 0.320 e. The summed E-state index contributed by atoms with van der Waals surface area (Å²) in [5.41, 5.74) is 0.0868. The molecule has 1 aromatic rings. The minimum absolute atomic E-state index is 0.0728. The van der Waals surface area contributed by atoms with Gasteiger partial charge in [-0.15, -0.1) is 0 Å². The SMILES string of the molecule is CC(=O)c1cccc(NC(=O)NC(C)(C)C#N)c1. The first-order chi connectivity index (χ1) is 8.34. The summed E-state index contributed by atoms with van der Waals surface area (Å²) < 4.78 is 0. The molecule has 5 nitrogen and oxygen atoms in total. The van der Waals surface area contributed by atoms with E-state index >= 15 is 0 Å². The second-order valence-electron chi connectivity index (χ2n) is 4.45. The highest BCUT2D eigenvalue weighted by molar-refractivity contribution is 5.96. The molecule has 0 saturated carbocycles. The average molecular weight is 245 g/mol. The Kier molecular flexibility index (Phi) is 4.05. The van der Waals surface area contributed by atoms with Crippen LogP contribution in [0, 0.1) is 11.3 Å². The van der Waals surface area contributed by atoms with Crippen molar-refractivity contribution in [2.45, 2.75) is 26.3 Å². The number of carbonyl (C=O) groups excluding carboxylic acids is 2. The maximum absolute atomic E-state index is 11.6. The second kappa shape index (κ2) is 5.32. The molecule has 0 heterocycles. The Bertz CT molecular complexity index is 515. The van der Waals surface area contributed by atoms with Gasteiger partial charge in [0.25, 0.3) is 0 Å². The number of carbonyl (C=O) groups is 2. The molecule has 2 amide bonds. The molecule has 0 fully saturated rings. The van der Waals surface area contributed by atoms with Gasteiger partial charge in [-0.3, -0.25) is 4.79 Å². The molecule has 18 heavy (non-hydrogen) atoms. The average Bonchev–Trinajstić information content (AvgIpc) is 2.28. The zero-order valence-corrected chi connectivity index (χ0v) is 10.6. The third-order valence-corrected chi connectivity index (χ3v) is 2.23. The lowest BCUT2D eigenvalue weighted by Gasteiger charge is -2.17. The first kappa shape index (κ1) is 13.7. The number of hydrogen-bond donors (Lipinski definition) is 2. The number of nitriles is 1. The highest BCUT2D eigenvalue weighted by Crippen LogP contribution is 2.11. The number of benzene rings is 1. The quantitative estimate of drug-likeness (QED) is 0.802. The molecule has 0 spiro atoms. The number of urea groups is 1. The van der Waals surface area contributed by atoms with Gasteiger partial charge in [0.2, 0.25) is 0 Å². The number of rotatable bonds is 3. The summed E-state index contributed by atoms with van der Waals surface area (Å²) >= 11 is 0. The Hall–Kier alpha value is -2.35. The van der Waals surface area contributed by atoms with Gasteiger partial charge < -0.3 is 10.6 Å². The van der Waals surface area contributed by atoms with Crippen molar-refractivity contribution in [3.63, 3.8) is 0 Å². The lowest BCUT2D eigenvalue weighted by Crippen LogP contribution is -2.44. The summed E-state index contributed by atoms with van der Waals surface area (Å²) in [6, 6.07) is 8.09. The van der Waals surface area contributed by atoms with Crippen LogP contribution in [0.1, 0.15) is 31.1 Å². The van der Waals surface area contributed by atoms with Crippen LogP contribution >= 0.6 is 0 Å². The highest BCUT2D eigenvalue weighted by atomic mass is 16.2. The van der Waals surface area contributed by atoms with Crippen molar-refractivity contribution >= 4 is 17.5 Å². The van der Waals surface area contributed by atoms with Gasteiger partial charge in [0, 0.05) is 11.3 Å². The van der Waals surface area contributed by atoms with E-state index in [1.54, 1.807) is 38.1 Å². The molecule has 1 rings (SSSR count). The predicted octanol–water partition coefficient (Wildman–Crippen LogP) is 2.31. The molecule has 0 aliphatic rings. The van der Waals surface area contributed by atoms with Crippen molar-refractivity contribution in [3.8, 4) is 6.07 Å². The van der Waals surface area contributed by atoms with E-state index in [1.807, 2.05) is 6.07 Å². The molecule has 5 heteroatoms. The molecule has 0 bridgehead atoms. The Morgan fingerprint density at radius 3 is 2.56 bits per heavy atom. The lowest BCUT2D eigenvalue weighted by molar-refractivity contribution is 0.101. The molecule has 0 unspecified atom stereocenters. The predicted molar refractivity (Wildman–Crippen MR) is 68.3 cm³/mol. The van der Waals surface area contributed by atoms with Gasteiger partial charge in [0.05, 0.1) is 6.07 Å². The van der Waals surface area contributed by atoms with Gasteiger partial charge in [-0.25, -0.2) is 4.79 Å². The van der Waals surface area contributed by atoms with Crippen molar-refractivity contribution in [2.75, 3.05) is 5.32 Å². The van der Waals surface area contributed by atoms with Gasteiger partial charge in [0.15, 0.2) is 5.78 Å². The van der Waals surface area contributed by atoms with Crippen LogP contribution in [0.3, 0.4) is 0 Å². The summed E-state index contributed by atoms with van der Waals surface area (Å²) in [6.07, 6.45) is 0. The maximum atomic E-state index is 11.6. The molecule has 0 aliphatic carbocycles. The van der Waals surface area contributed by atoms with Crippen molar-refractivity contribution in [2.24, 2.45) is 0 Å². The van der Waals surface area contributed by atoms with Crippen LogP contribution in [0.2, 0.25) is 0 Å². The van der Waals surface area contributed by atoms with Crippen LogP contribution in [0.5, 0.6) is 0 Å². The second-order valence-corrected chi connectivity index (χ2v) is 4.45. The first-order valence-electron chi connectivity index (χ1n) is 5.45. The molecule has 0 atom stereocenters. The van der Waals surface area contributed by atoms with Crippen LogP contribution in [-0.2, 0) is 0 Å². The highest BCUT2D eigenvalue weighted by Gasteiger charge is 2.19. The number of anilines is 1.